The molecule has 0 atom stereocenters. The van der Waals surface area contributed by atoms with E-state index < -0.39 is 0 Å². The maximum absolute atomic E-state index is 4.32. The average Bonchev–Trinajstić information content (AvgIpc) is 3.05. The van der Waals surface area contributed by atoms with E-state index in [4.69, 9.17) is 0 Å². The Bertz CT molecular complexity index is 666. The first-order valence-electron chi connectivity index (χ1n) is 5.38. The number of thioether (sulfide) groups is 1. The van der Waals surface area contributed by atoms with E-state index in [0.29, 0.717) is 5.78 Å². The third kappa shape index (κ3) is 2.04. The number of rotatable bonds is 4. The fourth-order valence-corrected chi connectivity index (χ4v) is 2.63. The molecule has 8 heteroatoms. The first-order chi connectivity index (χ1) is 8.88. The lowest BCUT2D eigenvalue weighted by molar-refractivity contribution is 0.816. The Balaban J connectivity index is 1.93. The molecule has 0 amide bonds. The van der Waals surface area contributed by atoms with Gasteiger partial charge < -0.3 is 0 Å². The van der Waals surface area contributed by atoms with Gasteiger partial charge in [-0.05, 0) is 17.2 Å². The van der Waals surface area contributed by atoms with Gasteiger partial charge in [-0.25, -0.2) is 0 Å². The summed E-state index contributed by atoms with van der Waals surface area (Å²) >= 11 is 3.24. The van der Waals surface area contributed by atoms with Crippen LogP contribution in [0.2, 0.25) is 0 Å². The van der Waals surface area contributed by atoms with Crippen molar-refractivity contribution < 1.29 is 0 Å². The van der Waals surface area contributed by atoms with E-state index in [1.54, 1.807) is 44.8 Å². The summed E-state index contributed by atoms with van der Waals surface area (Å²) in [6.07, 6.45) is 3.42. The molecular formula is C10H10N6S2. The predicted molar refractivity (Wildman–Crippen MR) is 72.5 cm³/mol. The molecule has 0 aliphatic heterocycles. The van der Waals surface area contributed by atoms with E-state index in [-0.39, 0.29) is 0 Å². The van der Waals surface area contributed by atoms with Crippen molar-refractivity contribution in [3.63, 3.8) is 0 Å². The number of aromatic nitrogens is 5. The van der Waals surface area contributed by atoms with Crippen molar-refractivity contribution in [2.45, 2.75) is 12.1 Å². The fraction of sp³-hybridized carbons (Fsp3) is 0.200. The summed E-state index contributed by atoms with van der Waals surface area (Å²) in [7, 11) is 0. The number of hydrogen-bond acceptors (Lipinski definition) is 6. The minimum Gasteiger partial charge on any atom is -0.184 e. The summed E-state index contributed by atoms with van der Waals surface area (Å²) in [4.78, 5) is 1.09. The molecule has 3 heterocycles. The average molecular weight is 278 g/mol. The van der Waals surface area contributed by atoms with Crippen LogP contribution in [0, 0.1) is 0 Å². The second-order valence-corrected chi connectivity index (χ2v) is 5.57. The molecule has 0 aliphatic carbocycles. The fourth-order valence-electron chi connectivity index (χ4n) is 1.44. The van der Waals surface area contributed by atoms with Gasteiger partial charge in [0.25, 0.3) is 5.78 Å². The molecule has 0 aliphatic rings. The van der Waals surface area contributed by atoms with E-state index in [9.17, 15) is 0 Å². The Morgan fingerprint density at radius 3 is 3.22 bits per heavy atom. The largest absolute Gasteiger partial charge is 0.275 e. The second kappa shape index (κ2) is 4.91. The van der Waals surface area contributed by atoms with Crippen LogP contribution in [0.5, 0.6) is 0 Å². The summed E-state index contributed by atoms with van der Waals surface area (Å²) in [5.41, 5.74) is 0. The van der Waals surface area contributed by atoms with Gasteiger partial charge in [0.2, 0.25) is 5.16 Å². The van der Waals surface area contributed by atoms with Gasteiger partial charge in [0.05, 0.1) is 6.21 Å². The van der Waals surface area contributed by atoms with Crippen molar-refractivity contribution in [3.05, 3.63) is 28.7 Å². The van der Waals surface area contributed by atoms with Crippen molar-refractivity contribution in [1.29, 1.82) is 0 Å². The Morgan fingerprint density at radius 2 is 2.44 bits per heavy atom. The van der Waals surface area contributed by atoms with Crippen LogP contribution < -0.4 is 0 Å². The van der Waals surface area contributed by atoms with Gasteiger partial charge in [-0.3, -0.25) is 0 Å². The maximum atomic E-state index is 4.32. The number of nitrogens with zero attached hydrogens (tertiary/aromatic N) is 6. The Labute approximate surface area is 111 Å². The number of thiophene rings is 1. The lowest BCUT2D eigenvalue weighted by atomic mass is 10.5. The molecule has 0 unspecified atom stereocenters. The first kappa shape index (κ1) is 11.4. The quantitative estimate of drug-likeness (QED) is 0.541. The number of fused-ring (bicyclic) bond motifs is 1. The second-order valence-electron chi connectivity index (χ2n) is 3.36. The summed E-state index contributed by atoms with van der Waals surface area (Å²) in [6, 6.07) is 3.99. The van der Waals surface area contributed by atoms with E-state index in [1.807, 2.05) is 17.5 Å². The highest BCUT2D eigenvalue weighted by Gasteiger charge is 2.10. The molecule has 0 saturated heterocycles. The maximum Gasteiger partial charge on any atom is 0.275 e. The molecule has 3 aromatic rings. The van der Waals surface area contributed by atoms with Crippen molar-refractivity contribution in [2.75, 3.05) is 5.75 Å². The minimum absolute atomic E-state index is 0.624. The van der Waals surface area contributed by atoms with Crippen LogP contribution in [0.3, 0.4) is 0 Å². The van der Waals surface area contributed by atoms with Crippen molar-refractivity contribution in [3.8, 4) is 0 Å². The molecule has 0 radical (unpaired) electrons. The standard InChI is InChI=1S/C10H10N6S2/c1-2-17-10-14-13-9-15(7-12-16(9)10)11-6-8-4-3-5-18-8/h3-7H,2H2,1H3/b11-6-. The van der Waals surface area contributed by atoms with E-state index in [2.05, 4.69) is 27.3 Å². The first-order valence-corrected chi connectivity index (χ1v) is 7.24. The molecule has 3 rings (SSSR count). The SMILES string of the molecule is CCSc1nnc2n(/N=C\c3cccs3)cnn12. The molecule has 0 saturated carbocycles. The van der Waals surface area contributed by atoms with E-state index >= 15 is 0 Å². The smallest absolute Gasteiger partial charge is 0.184 e. The van der Waals surface area contributed by atoms with E-state index in [0.717, 1.165) is 15.8 Å². The third-order valence-electron chi connectivity index (χ3n) is 2.20. The molecule has 3 aromatic heterocycles. The van der Waals surface area contributed by atoms with Gasteiger partial charge in [0, 0.05) is 4.88 Å². The molecule has 0 fully saturated rings. The van der Waals surface area contributed by atoms with Gasteiger partial charge in [0.1, 0.15) is 6.33 Å². The summed E-state index contributed by atoms with van der Waals surface area (Å²) < 4.78 is 3.31. The van der Waals surface area contributed by atoms with E-state index in [1.165, 1.54) is 0 Å². The van der Waals surface area contributed by atoms with Crippen molar-refractivity contribution >= 4 is 35.1 Å². The third-order valence-corrected chi connectivity index (χ3v) is 3.81. The van der Waals surface area contributed by atoms with Gasteiger partial charge in [-0.1, -0.05) is 24.8 Å². The highest BCUT2D eigenvalue weighted by atomic mass is 32.2. The molecule has 18 heavy (non-hydrogen) atoms. The van der Waals surface area contributed by atoms with Crippen LogP contribution in [0.1, 0.15) is 11.8 Å². The topological polar surface area (TPSA) is 60.4 Å². The van der Waals surface area contributed by atoms with Gasteiger partial charge in [-0.15, -0.1) is 21.5 Å². The molecule has 0 bridgehead atoms. The molecule has 6 nitrogen and oxygen atoms in total. The Kier molecular flexibility index (Phi) is 3.11. The summed E-state index contributed by atoms with van der Waals surface area (Å²) in [5.74, 6) is 1.56. The van der Waals surface area contributed by atoms with Gasteiger partial charge in [-0.2, -0.15) is 19.4 Å². The van der Waals surface area contributed by atoms with Crippen LogP contribution in [-0.4, -0.2) is 36.5 Å². The molecule has 92 valence electrons. The molecular weight excluding hydrogens is 268 g/mol. The van der Waals surface area contributed by atoms with Crippen LogP contribution in [0.15, 0.2) is 34.1 Å². The monoisotopic (exact) mass is 278 g/mol. The zero-order valence-electron chi connectivity index (χ0n) is 9.59. The Morgan fingerprint density at radius 1 is 1.50 bits per heavy atom. The zero-order chi connectivity index (χ0) is 12.4. The highest BCUT2D eigenvalue weighted by Crippen LogP contribution is 2.15. The predicted octanol–water partition coefficient (Wildman–Crippen LogP) is 1.98. The lowest BCUT2D eigenvalue weighted by Crippen LogP contribution is -1.89. The number of hydrogen-bond donors (Lipinski definition) is 0. The van der Waals surface area contributed by atoms with Gasteiger partial charge >= 0.3 is 0 Å². The summed E-state index contributed by atoms with van der Waals surface area (Å²) in [6.45, 7) is 2.07. The highest BCUT2D eigenvalue weighted by molar-refractivity contribution is 7.99. The van der Waals surface area contributed by atoms with Crippen LogP contribution in [0.4, 0.5) is 0 Å². The van der Waals surface area contributed by atoms with Crippen molar-refractivity contribution in [2.24, 2.45) is 5.10 Å². The molecule has 0 spiro atoms. The minimum atomic E-state index is 0.624. The normalized spacial score (nSPS) is 11.8. The Hall–Kier alpha value is -1.67. The van der Waals surface area contributed by atoms with Crippen LogP contribution >= 0.6 is 23.1 Å². The summed E-state index contributed by atoms with van der Waals surface area (Å²) in [5, 5.41) is 19.5. The molecule has 0 N–H and O–H groups in total. The lowest BCUT2D eigenvalue weighted by Gasteiger charge is -1.89. The van der Waals surface area contributed by atoms with Crippen LogP contribution in [0.25, 0.3) is 5.78 Å². The van der Waals surface area contributed by atoms with Gasteiger partial charge in [0.15, 0.2) is 0 Å². The molecule has 0 aromatic carbocycles. The van der Waals surface area contributed by atoms with Crippen LogP contribution in [-0.2, 0) is 0 Å². The van der Waals surface area contributed by atoms with Crippen molar-refractivity contribution in [1.82, 2.24) is 24.5 Å². The zero-order valence-corrected chi connectivity index (χ0v) is 11.2.